The molecule has 1 spiro atoms. The van der Waals surface area contributed by atoms with Gasteiger partial charge in [0, 0.05) is 97.2 Å². The Kier molecular flexibility index (Phi) is 24.1. The molecule has 25 rings (SSSR count). The van der Waals surface area contributed by atoms with Crippen LogP contribution in [0.3, 0.4) is 0 Å². The first-order valence-electron chi connectivity index (χ1n) is 43.7. The number of aromatic nitrogens is 6. The lowest BCUT2D eigenvalue weighted by Crippen LogP contribution is -2.26. The molecule has 0 unspecified atom stereocenters. The normalized spacial score (nSPS) is 11.7. The summed E-state index contributed by atoms with van der Waals surface area (Å²) in [5, 5.41) is 10.1. The summed E-state index contributed by atoms with van der Waals surface area (Å²) in [4.78, 5) is 30.3. The second-order valence-electron chi connectivity index (χ2n) is 32.3. The van der Waals surface area contributed by atoms with Gasteiger partial charge < -0.3 is 9.80 Å². The Morgan fingerprint density at radius 2 is 0.537 bits per heavy atom. The van der Waals surface area contributed by atoms with Crippen LogP contribution >= 0.6 is 69.3 Å². The van der Waals surface area contributed by atoms with Gasteiger partial charge in [-0.3, -0.25) is 0 Å². The van der Waals surface area contributed by atoms with E-state index in [1.54, 1.807) is 12.1 Å². The number of benzene rings is 19. The maximum Gasteiger partial charge on any atom is 0.223 e. The van der Waals surface area contributed by atoms with Crippen LogP contribution < -0.4 is 9.80 Å². The highest BCUT2D eigenvalue weighted by Crippen LogP contribution is 2.63. The van der Waals surface area contributed by atoms with Crippen molar-refractivity contribution in [2.75, 3.05) is 9.80 Å². The molecule has 4 aromatic heterocycles. The van der Waals surface area contributed by atoms with Crippen molar-refractivity contribution in [3.63, 3.8) is 0 Å². The molecule has 15 heteroatoms. The van der Waals surface area contributed by atoms with E-state index in [0.717, 1.165) is 105 Å². The van der Waals surface area contributed by atoms with Crippen molar-refractivity contribution in [3.05, 3.63) is 515 Å². The summed E-state index contributed by atoms with van der Waals surface area (Å²) in [5.41, 5.74) is 29.5. The van der Waals surface area contributed by atoms with Crippen LogP contribution in [0, 0.1) is 5.82 Å². The molecule has 640 valence electrons. The SMILES string of the molecule is Clc1ccc(N(c2ccc(-c3ccccc3)cc2)c2ccc3c(c2)C2(c4ccccc4-c4ccccc42)c2ccccc2-3)cc1.Clc1ccc(N(c2ccc(-c3ccccc3)cc2)c2ccc3c(c2)sc2ccccc23)cc1.Clc1nc(-c2cccc3ccccc23)c2ccccc2n1.Clc1nc(-c2ccccc2)c2ccccc2n1.Fc1ccc(-c2nc(Cl)nc3ccccc23)cc1. The fourth-order valence-corrected chi connectivity index (χ4v) is 20.4. The maximum atomic E-state index is 12.9. The molecule has 134 heavy (non-hydrogen) atoms. The van der Waals surface area contributed by atoms with Crippen LogP contribution in [-0.4, -0.2) is 29.9 Å². The molecule has 23 aromatic rings. The third-order valence-electron chi connectivity index (χ3n) is 24.4. The van der Waals surface area contributed by atoms with Gasteiger partial charge in [0.15, 0.2) is 0 Å². The molecule has 0 fully saturated rings. The van der Waals surface area contributed by atoms with E-state index in [1.807, 2.05) is 163 Å². The molecule has 2 aliphatic carbocycles. The smallest absolute Gasteiger partial charge is 0.223 e. The number of hydrogen-bond acceptors (Lipinski definition) is 9. The zero-order valence-corrected chi connectivity index (χ0v) is 76.2. The molecule has 0 atom stereocenters. The Labute approximate surface area is 803 Å². The van der Waals surface area contributed by atoms with Crippen LogP contribution in [0.15, 0.2) is 461 Å². The molecule has 19 aromatic carbocycles. The second-order valence-corrected chi connectivity index (χ2v) is 35.3. The van der Waals surface area contributed by atoms with Gasteiger partial charge in [-0.1, -0.05) is 339 Å². The summed E-state index contributed by atoms with van der Waals surface area (Å²) >= 11 is 32.4. The van der Waals surface area contributed by atoms with Crippen LogP contribution in [0.2, 0.25) is 25.9 Å². The van der Waals surface area contributed by atoms with E-state index in [4.69, 9.17) is 58.0 Å². The Bertz CT molecular complexity index is 8200. The van der Waals surface area contributed by atoms with Gasteiger partial charge in [0.2, 0.25) is 15.9 Å². The minimum Gasteiger partial charge on any atom is -0.310 e. The summed E-state index contributed by atoms with van der Waals surface area (Å²) in [6, 6.07) is 158. The number of thiophene rings is 1. The summed E-state index contributed by atoms with van der Waals surface area (Å²) in [6.45, 7) is 0. The van der Waals surface area contributed by atoms with Gasteiger partial charge in [0.1, 0.15) is 5.82 Å². The quantitative estimate of drug-likeness (QED) is 0.118. The molecule has 0 bridgehead atoms. The van der Waals surface area contributed by atoms with Crippen molar-refractivity contribution in [2.24, 2.45) is 0 Å². The number of halogens is 6. The second kappa shape index (κ2) is 37.9. The number of fused-ring (bicyclic) bond motifs is 17. The molecule has 0 amide bonds. The van der Waals surface area contributed by atoms with E-state index in [2.05, 4.69) is 325 Å². The summed E-state index contributed by atoms with van der Waals surface area (Å²) in [7, 11) is 0. The van der Waals surface area contributed by atoms with E-state index < -0.39 is 5.41 Å². The molecule has 4 heterocycles. The number of nitrogens with zero attached hydrogens (tertiary/aromatic N) is 8. The van der Waals surface area contributed by atoms with Crippen LogP contribution in [0.5, 0.6) is 0 Å². The largest absolute Gasteiger partial charge is 0.310 e. The zero-order chi connectivity index (χ0) is 90.6. The topological polar surface area (TPSA) is 83.8 Å². The Hall–Kier alpha value is -15.3. The van der Waals surface area contributed by atoms with E-state index in [0.29, 0.717) is 5.69 Å². The third kappa shape index (κ3) is 17.0. The lowest BCUT2D eigenvalue weighted by Gasteiger charge is -2.32. The molecule has 8 nitrogen and oxygen atoms in total. The molecule has 0 aliphatic heterocycles. The van der Waals surface area contributed by atoms with Gasteiger partial charge in [-0.15, -0.1) is 11.3 Å². The Balaban J connectivity index is 0.000000106. The van der Waals surface area contributed by atoms with Gasteiger partial charge in [0.25, 0.3) is 0 Å². The van der Waals surface area contributed by atoms with Gasteiger partial charge in [-0.2, -0.15) is 0 Å². The highest BCUT2D eigenvalue weighted by Gasteiger charge is 2.52. The minimum atomic E-state index is -0.391. The van der Waals surface area contributed by atoms with Crippen molar-refractivity contribution in [1.29, 1.82) is 0 Å². The predicted molar refractivity (Wildman–Crippen MR) is 560 cm³/mol. The summed E-state index contributed by atoms with van der Waals surface area (Å²) in [5.74, 6) is -0.275. The summed E-state index contributed by atoms with van der Waals surface area (Å²) in [6.07, 6.45) is 0. The molecular formula is C119H76Cl5FN8S. The van der Waals surface area contributed by atoms with Gasteiger partial charge >= 0.3 is 0 Å². The van der Waals surface area contributed by atoms with E-state index >= 15 is 0 Å². The number of rotatable bonds is 11. The summed E-state index contributed by atoms with van der Waals surface area (Å²) < 4.78 is 15.5. The standard InChI is InChI=1S/C43H28ClN.C30H20ClNS.C18H11ClN2.C14H8ClFN2.C14H9ClN2/c44-31-20-24-33(25-21-31)45(32-22-18-30(19-23-32)29-10-2-1-3-11-29)34-26-27-38-37-14-6-9-17-41(37)43(42(38)28-34)39-15-7-4-12-35(39)36-13-5-8-16-40(36)43;31-23-12-16-25(17-13-23)32(24-14-10-22(11-15-24)21-6-2-1-3-7-21)26-18-19-28-27-8-4-5-9-29(27)33-30(28)20-26;19-18-20-16-11-4-3-9-15(16)17(21-18)14-10-5-7-12-6-1-2-8-13(12)14;15-14-17-12-4-2-1-3-11(12)13(18-14)9-5-7-10(16)8-6-9;15-14-16-12-9-5-4-8-11(12)13(17-14)10-6-2-1-3-7-10/h1-28H;1-20H;1-11H;1-8H;1-9H. The highest BCUT2D eigenvalue weighted by atomic mass is 35.5. The van der Waals surface area contributed by atoms with E-state index in [9.17, 15) is 4.39 Å². The zero-order valence-electron chi connectivity index (χ0n) is 71.6. The fourth-order valence-electron chi connectivity index (χ4n) is 18.4. The van der Waals surface area contributed by atoms with Crippen LogP contribution in [-0.2, 0) is 5.41 Å². The first kappa shape index (κ1) is 85.4. The van der Waals surface area contributed by atoms with Crippen LogP contribution in [0.1, 0.15) is 22.3 Å². The number of hydrogen-bond donors (Lipinski definition) is 0. The lowest BCUT2D eigenvalue weighted by molar-refractivity contribution is 0.628. The van der Waals surface area contributed by atoms with Crippen molar-refractivity contribution in [2.45, 2.75) is 5.41 Å². The van der Waals surface area contributed by atoms with E-state index in [-0.39, 0.29) is 21.7 Å². The Morgan fingerprint density at radius 1 is 0.216 bits per heavy atom. The maximum absolute atomic E-state index is 12.9. The number of para-hydroxylation sites is 3. The van der Waals surface area contributed by atoms with Crippen molar-refractivity contribution in [3.8, 4) is 78.3 Å². The Morgan fingerprint density at radius 3 is 1.02 bits per heavy atom. The molecular weight excluding hydrogens is 1770 g/mol. The first-order chi connectivity index (χ1) is 65.9. The molecule has 2 aliphatic rings. The van der Waals surface area contributed by atoms with Crippen LogP contribution in [0.4, 0.5) is 38.5 Å². The lowest BCUT2D eigenvalue weighted by atomic mass is 9.70. The van der Waals surface area contributed by atoms with Crippen molar-refractivity contribution in [1.82, 2.24) is 29.9 Å². The highest BCUT2D eigenvalue weighted by molar-refractivity contribution is 7.25. The molecule has 0 saturated carbocycles. The molecule has 0 saturated heterocycles. The molecule has 0 N–H and O–H groups in total. The minimum absolute atomic E-state index is 0.188. The van der Waals surface area contributed by atoms with Crippen molar-refractivity contribution < 1.29 is 4.39 Å². The third-order valence-corrected chi connectivity index (χ3v) is 26.6. The predicted octanol–water partition coefficient (Wildman–Crippen LogP) is 34.8. The van der Waals surface area contributed by atoms with Gasteiger partial charge in [-0.05, 0) is 258 Å². The number of anilines is 6. The van der Waals surface area contributed by atoms with Crippen LogP contribution in [0.25, 0.3) is 142 Å². The first-order valence-corrected chi connectivity index (χ1v) is 46.5. The average Bonchev–Trinajstić information content (AvgIpc) is 1.51. The average molecular weight is 1850 g/mol. The van der Waals surface area contributed by atoms with Gasteiger partial charge in [0.05, 0.1) is 39.0 Å². The monoisotopic (exact) mass is 1840 g/mol. The van der Waals surface area contributed by atoms with Gasteiger partial charge in [-0.25, -0.2) is 34.3 Å². The van der Waals surface area contributed by atoms with E-state index in [1.165, 1.54) is 110 Å². The molecule has 0 radical (unpaired) electrons. The fraction of sp³-hybridized carbons (Fsp3) is 0.00840. The van der Waals surface area contributed by atoms with Crippen molar-refractivity contribution >= 4 is 167 Å².